The highest BCUT2D eigenvalue weighted by molar-refractivity contribution is 5.73. The Morgan fingerprint density at radius 1 is 1.16 bits per heavy atom. The Morgan fingerprint density at radius 3 is 2.47 bits per heavy atom. The normalized spacial score (nSPS) is 16.2. The average molecular weight is 262 g/mol. The number of carbonyl (C=O) groups excluding carboxylic acids is 1. The summed E-state index contributed by atoms with van der Waals surface area (Å²) in [6.45, 7) is 5.80. The zero-order valence-electron chi connectivity index (χ0n) is 11.4. The van der Waals surface area contributed by atoms with Gasteiger partial charge in [-0.1, -0.05) is 18.2 Å². The number of carbonyl (C=O) groups is 1. The van der Waals surface area contributed by atoms with Gasteiger partial charge in [-0.15, -0.1) is 0 Å². The van der Waals surface area contributed by atoms with Gasteiger partial charge in [0.15, 0.2) is 0 Å². The first-order valence-corrected chi connectivity index (χ1v) is 6.77. The number of piperazine rings is 1. The first-order valence-electron chi connectivity index (χ1n) is 6.77. The van der Waals surface area contributed by atoms with Crippen LogP contribution in [0.5, 0.6) is 0 Å². The van der Waals surface area contributed by atoms with Crippen molar-refractivity contribution in [2.45, 2.75) is 0 Å². The lowest BCUT2D eigenvalue weighted by Gasteiger charge is -2.36. The highest BCUT2D eigenvalue weighted by Gasteiger charge is 2.16. The van der Waals surface area contributed by atoms with Crippen molar-refractivity contribution in [3.05, 3.63) is 30.3 Å². The highest BCUT2D eigenvalue weighted by atomic mass is 16.2. The van der Waals surface area contributed by atoms with E-state index >= 15 is 0 Å². The molecule has 5 nitrogen and oxygen atoms in total. The fourth-order valence-electron chi connectivity index (χ4n) is 2.28. The SMILES string of the molecule is CNC(=O)NCCN1CCN(c2ccccc2)CC1. The number of para-hydroxylation sites is 1. The quantitative estimate of drug-likeness (QED) is 0.841. The Kier molecular flexibility index (Phi) is 5.03. The van der Waals surface area contributed by atoms with Crippen LogP contribution in [0.2, 0.25) is 0 Å². The van der Waals surface area contributed by atoms with Gasteiger partial charge in [0.2, 0.25) is 0 Å². The molecule has 0 saturated carbocycles. The van der Waals surface area contributed by atoms with Crippen molar-refractivity contribution in [1.29, 1.82) is 0 Å². The fourth-order valence-corrected chi connectivity index (χ4v) is 2.28. The predicted octanol–water partition coefficient (Wildman–Crippen LogP) is 0.738. The lowest BCUT2D eigenvalue weighted by Crippen LogP contribution is -2.49. The molecule has 1 aromatic carbocycles. The number of benzene rings is 1. The van der Waals surface area contributed by atoms with Gasteiger partial charge in [-0.3, -0.25) is 4.90 Å². The monoisotopic (exact) mass is 262 g/mol. The van der Waals surface area contributed by atoms with Crippen LogP contribution in [0, 0.1) is 0 Å². The van der Waals surface area contributed by atoms with E-state index in [0.717, 1.165) is 32.7 Å². The maximum Gasteiger partial charge on any atom is 0.314 e. The van der Waals surface area contributed by atoms with E-state index in [1.807, 2.05) is 6.07 Å². The molecule has 0 aromatic heterocycles. The third-order valence-corrected chi connectivity index (χ3v) is 3.43. The van der Waals surface area contributed by atoms with Crippen LogP contribution in [-0.4, -0.2) is 57.2 Å². The van der Waals surface area contributed by atoms with E-state index in [9.17, 15) is 4.79 Å². The molecule has 0 radical (unpaired) electrons. The second kappa shape index (κ2) is 6.99. The van der Waals surface area contributed by atoms with E-state index in [0.29, 0.717) is 6.54 Å². The van der Waals surface area contributed by atoms with Gasteiger partial charge in [-0.05, 0) is 12.1 Å². The molecule has 0 spiro atoms. The van der Waals surface area contributed by atoms with Gasteiger partial charge < -0.3 is 15.5 Å². The zero-order chi connectivity index (χ0) is 13.5. The van der Waals surface area contributed by atoms with Crippen molar-refractivity contribution in [3.8, 4) is 0 Å². The zero-order valence-corrected chi connectivity index (χ0v) is 11.4. The molecular formula is C14H22N4O. The average Bonchev–Trinajstić information content (AvgIpc) is 2.48. The number of amides is 2. The van der Waals surface area contributed by atoms with E-state index in [1.165, 1.54) is 5.69 Å². The molecule has 1 fully saturated rings. The molecule has 2 amide bonds. The summed E-state index contributed by atoms with van der Waals surface area (Å²) >= 11 is 0. The molecule has 1 saturated heterocycles. The van der Waals surface area contributed by atoms with E-state index in [-0.39, 0.29) is 6.03 Å². The van der Waals surface area contributed by atoms with Crippen molar-refractivity contribution >= 4 is 11.7 Å². The van der Waals surface area contributed by atoms with Crippen molar-refractivity contribution < 1.29 is 4.79 Å². The summed E-state index contributed by atoms with van der Waals surface area (Å²) in [4.78, 5) is 15.8. The van der Waals surface area contributed by atoms with Crippen LogP contribution in [0.4, 0.5) is 10.5 Å². The van der Waals surface area contributed by atoms with Crippen molar-refractivity contribution in [2.24, 2.45) is 0 Å². The van der Waals surface area contributed by atoms with Gasteiger partial charge >= 0.3 is 6.03 Å². The number of anilines is 1. The molecule has 1 aliphatic rings. The van der Waals surface area contributed by atoms with Gasteiger partial charge in [-0.25, -0.2) is 4.79 Å². The van der Waals surface area contributed by atoms with Gasteiger partial charge in [-0.2, -0.15) is 0 Å². The number of rotatable bonds is 4. The maximum absolute atomic E-state index is 11.0. The molecule has 0 atom stereocenters. The van der Waals surface area contributed by atoms with Crippen LogP contribution >= 0.6 is 0 Å². The van der Waals surface area contributed by atoms with Crippen LogP contribution in [0.25, 0.3) is 0 Å². The largest absolute Gasteiger partial charge is 0.369 e. The Morgan fingerprint density at radius 2 is 1.84 bits per heavy atom. The van der Waals surface area contributed by atoms with Gasteiger partial charge in [0.1, 0.15) is 0 Å². The van der Waals surface area contributed by atoms with Gasteiger partial charge in [0.05, 0.1) is 0 Å². The number of hydrogen-bond acceptors (Lipinski definition) is 3. The molecule has 1 heterocycles. The topological polar surface area (TPSA) is 47.6 Å². The number of urea groups is 1. The van der Waals surface area contributed by atoms with E-state index in [1.54, 1.807) is 7.05 Å². The standard InChI is InChI=1S/C14H22N4O/c1-15-14(19)16-7-8-17-9-11-18(12-10-17)13-5-3-2-4-6-13/h2-6H,7-12H2,1H3,(H2,15,16,19). The summed E-state index contributed by atoms with van der Waals surface area (Å²) in [5.74, 6) is 0. The molecule has 0 aliphatic carbocycles. The second-order valence-electron chi connectivity index (χ2n) is 4.67. The van der Waals surface area contributed by atoms with Crippen LogP contribution in [0.1, 0.15) is 0 Å². The molecular weight excluding hydrogens is 240 g/mol. The van der Waals surface area contributed by atoms with Crippen LogP contribution in [-0.2, 0) is 0 Å². The molecule has 1 aliphatic heterocycles. The molecule has 0 bridgehead atoms. The fraction of sp³-hybridized carbons (Fsp3) is 0.500. The first kappa shape index (κ1) is 13.7. The minimum Gasteiger partial charge on any atom is -0.369 e. The van der Waals surface area contributed by atoms with Crippen LogP contribution in [0.3, 0.4) is 0 Å². The Bertz CT molecular complexity index is 388. The van der Waals surface area contributed by atoms with Gasteiger partial charge in [0, 0.05) is 52.0 Å². The number of hydrogen-bond donors (Lipinski definition) is 2. The third kappa shape index (κ3) is 4.13. The van der Waals surface area contributed by atoms with E-state index < -0.39 is 0 Å². The summed E-state index contributed by atoms with van der Waals surface area (Å²) in [6, 6.07) is 10.4. The number of nitrogens with zero attached hydrogens (tertiary/aromatic N) is 2. The highest BCUT2D eigenvalue weighted by Crippen LogP contribution is 2.15. The minimum absolute atomic E-state index is 0.108. The molecule has 19 heavy (non-hydrogen) atoms. The summed E-state index contributed by atoms with van der Waals surface area (Å²) in [6.07, 6.45) is 0. The Labute approximate surface area is 114 Å². The maximum atomic E-state index is 11.0. The summed E-state index contributed by atoms with van der Waals surface area (Å²) in [5.41, 5.74) is 1.30. The van der Waals surface area contributed by atoms with Crippen molar-refractivity contribution in [1.82, 2.24) is 15.5 Å². The van der Waals surface area contributed by atoms with E-state index in [2.05, 4.69) is 44.7 Å². The van der Waals surface area contributed by atoms with Crippen LogP contribution < -0.4 is 15.5 Å². The van der Waals surface area contributed by atoms with Crippen molar-refractivity contribution in [3.63, 3.8) is 0 Å². The lowest BCUT2D eigenvalue weighted by atomic mass is 10.2. The smallest absolute Gasteiger partial charge is 0.314 e. The number of nitrogens with one attached hydrogen (secondary N) is 2. The first-order chi connectivity index (χ1) is 9.29. The summed E-state index contributed by atoms with van der Waals surface area (Å²) < 4.78 is 0. The Hall–Kier alpha value is -1.75. The molecule has 2 N–H and O–H groups in total. The third-order valence-electron chi connectivity index (χ3n) is 3.43. The van der Waals surface area contributed by atoms with Gasteiger partial charge in [0.25, 0.3) is 0 Å². The Balaban J connectivity index is 1.69. The molecule has 1 aromatic rings. The summed E-state index contributed by atoms with van der Waals surface area (Å²) in [7, 11) is 1.63. The molecule has 2 rings (SSSR count). The molecule has 104 valence electrons. The molecule has 5 heteroatoms. The molecule has 0 unspecified atom stereocenters. The minimum atomic E-state index is -0.108. The van der Waals surface area contributed by atoms with Crippen molar-refractivity contribution in [2.75, 3.05) is 51.2 Å². The summed E-state index contributed by atoms with van der Waals surface area (Å²) in [5, 5.41) is 5.37. The predicted molar refractivity (Wildman–Crippen MR) is 77.6 cm³/mol. The van der Waals surface area contributed by atoms with Crippen LogP contribution in [0.15, 0.2) is 30.3 Å². The van der Waals surface area contributed by atoms with E-state index in [4.69, 9.17) is 0 Å². The lowest BCUT2D eigenvalue weighted by molar-refractivity contribution is 0.233. The second-order valence-corrected chi connectivity index (χ2v) is 4.67.